The van der Waals surface area contributed by atoms with Crippen LogP contribution in [0.4, 0.5) is 0 Å². The van der Waals surface area contributed by atoms with E-state index in [1.165, 1.54) is 7.11 Å². The van der Waals surface area contributed by atoms with Crippen LogP contribution in [0.1, 0.15) is 34.1 Å². The third-order valence-electron chi connectivity index (χ3n) is 2.62. The first-order chi connectivity index (χ1) is 7.92. The zero-order valence-electron chi connectivity index (χ0n) is 11.4. The van der Waals surface area contributed by atoms with E-state index in [1.54, 1.807) is 0 Å². The Bertz CT molecular complexity index is 254. The van der Waals surface area contributed by atoms with Crippen LogP contribution in [0, 0.1) is 5.92 Å². The maximum Gasteiger partial charge on any atom is 0.323 e. The van der Waals surface area contributed by atoms with Gasteiger partial charge >= 0.3 is 5.97 Å². The Labute approximate surface area is 103 Å². The van der Waals surface area contributed by atoms with Gasteiger partial charge in [-0.05, 0) is 19.3 Å². The fraction of sp³-hybridized carbons (Fsp3) is 0.833. The molecule has 1 amide bonds. The van der Waals surface area contributed by atoms with E-state index >= 15 is 0 Å². The Morgan fingerprint density at radius 1 is 1.24 bits per heavy atom. The van der Waals surface area contributed by atoms with Gasteiger partial charge in [-0.1, -0.05) is 20.8 Å². The van der Waals surface area contributed by atoms with E-state index in [-0.39, 0.29) is 30.4 Å². The van der Waals surface area contributed by atoms with Crippen molar-refractivity contribution in [3.05, 3.63) is 0 Å². The van der Waals surface area contributed by atoms with Gasteiger partial charge in [0.15, 0.2) is 0 Å². The zero-order valence-corrected chi connectivity index (χ0v) is 11.4. The van der Waals surface area contributed by atoms with Crippen molar-refractivity contribution in [2.45, 2.75) is 46.2 Å². The SMILES string of the molecule is CCC(C)NC(=O)CNC(C(=O)OC)C(C)C. The van der Waals surface area contributed by atoms with Gasteiger partial charge in [0, 0.05) is 6.04 Å². The molecular formula is C12H24N2O3. The maximum atomic E-state index is 11.5. The molecule has 0 aliphatic carbocycles. The Morgan fingerprint density at radius 2 is 1.82 bits per heavy atom. The highest BCUT2D eigenvalue weighted by Gasteiger charge is 2.23. The average Bonchev–Trinajstić information content (AvgIpc) is 2.28. The van der Waals surface area contributed by atoms with Crippen molar-refractivity contribution in [1.29, 1.82) is 0 Å². The summed E-state index contributed by atoms with van der Waals surface area (Å²) >= 11 is 0. The Hall–Kier alpha value is -1.10. The number of hydrogen-bond donors (Lipinski definition) is 2. The summed E-state index contributed by atoms with van der Waals surface area (Å²) in [5.41, 5.74) is 0. The highest BCUT2D eigenvalue weighted by Crippen LogP contribution is 2.02. The molecule has 5 heteroatoms. The molecule has 0 aromatic rings. The fourth-order valence-electron chi connectivity index (χ4n) is 1.35. The molecule has 0 aromatic heterocycles. The van der Waals surface area contributed by atoms with Crippen LogP contribution < -0.4 is 10.6 Å². The predicted octanol–water partition coefficient (Wildman–Crippen LogP) is 0.688. The van der Waals surface area contributed by atoms with E-state index in [4.69, 9.17) is 0 Å². The second-order valence-electron chi connectivity index (χ2n) is 4.50. The molecule has 2 atom stereocenters. The molecule has 5 nitrogen and oxygen atoms in total. The van der Waals surface area contributed by atoms with Gasteiger partial charge in [0.05, 0.1) is 13.7 Å². The van der Waals surface area contributed by atoms with Crippen molar-refractivity contribution in [2.75, 3.05) is 13.7 Å². The number of carbonyl (C=O) groups excluding carboxylic acids is 2. The van der Waals surface area contributed by atoms with Crippen LogP contribution in [0.15, 0.2) is 0 Å². The molecule has 0 saturated heterocycles. The number of amides is 1. The van der Waals surface area contributed by atoms with Crippen LogP contribution >= 0.6 is 0 Å². The largest absolute Gasteiger partial charge is 0.468 e. The first-order valence-corrected chi connectivity index (χ1v) is 6.02. The first kappa shape index (κ1) is 15.9. The molecule has 2 N–H and O–H groups in total. The summed E-state index contributed by atoms with van der Waals surface area (Å²) in [6.45, 7) is 7.88. The molecule has 0 rings (SSSR count). The number of methoxy groups -OCH3 is 1. The van der Waals surface area contributed by atoms with Gasteiger partial charge in [-0.2, -0.15) is 0 Å². The molecule has 100 valence electrons. The number of carbonyl (C=O) groups is 2. The van der Waals surface area contributed by atoms with Gasteiger partial charge < -0.3 is 10.1 Å². The van der Waals surface area contributed by atoms with Crippen LogP contribution in [0.3, 0.4) is 0 Å². The third kappa shape index (κ3) is 6.26. The van der Waals surface area contributed by atoms with Gasteiger partial charge in [-0.3, -0.25) is 14.9 Å². The minimum Gasteiger partial charge on any atom is -0.468 e. The number of hydrogen-bond acceptors (Lipinski definition) is 4. The zero-order chi connectivity index (χ0) is 13.4. The summed E-state index contributed by atoms with van der Waals surface area (Å²) in [5.74, 6) is -0.357. The molecule has 17 heavy (non-hydrogen) atoms. The summed E-state index contributed by atoms with van der Waals surface area (Å²) in [6.07, 6.45) is 0.885. The van der Waals surface area contributed by atoms with E-state index in [0.29, 0.717) is 0 Å². The lowest BCUT2D eigenvalue weighted by Crippen LogP contribution is -2.47. The summed E-state index contributed by atoms with van der Waals surface area (Å²) in [6, 6.07) is -0.289. The van der Waals surface area contributed by atoms with Crippen molar-refractivity contribution in [2.24, 2.45) is 5.92 Å². The number of nitrogens with one attached hydrogen (secondary N) is 2. The first-order valence-electron chi connectivity index (χ1n) is 6.02. The smallest absolute Gasteiger partial charge is 0.323 e. The topological polar surface area (TPSA) is 67.4 Å². The van der Waals surface area contributed by atoms with Crippen molar-refractivity contribution in [1.82, 2.24) is 10.6 Å². The highest BCUT2D eigenvalue weighted by molar-refractivity contribution is 5.80. The average molecular weight is 244 g/mol. The Kier molecular flexibility index (Phi) is 7.54. The van der Waals surface area contributed by atoms with Crippen LogP contribution in [0.2, 0.25) is 0 Å². The minimum absolute atomic E-state index is 0.0823. The number of esters is 1. The van der Waals surface area contributed by atoms with E-state index in [0.717, 1.165) is 6.42 Å². The van der Waals surface area contributed by atoms with Crippen molar-refractivity contribution >= 4 is 11.9 Å². The van der Waals surface area contributed by atoms with Crippen molar-refractivity contribution in [3.8, 4) is 0 Å². The van der Waals surface area contributed by atoms with Gasteiger partial charge in [0.25, 0.3) is 0 Å². The molecule has 0 aliphatic rings. The molecule has 0 heterocycles. The highest BCUT2D eigenvalue weighted by atomic mass is 16.5. The molecule has 0 aliphatic heterocycles. The Balaban J connectivity index is 4.13. The van der Waals surface area contributed by atoms with Crippen molar-refractivity contribution in [3.63, 3.8) is 0 Å². The number of ether oxygens (including phenoxy) is 1. The molecule has 2 unspecified atom stereocenters. The monoisotopic (exact) mass is 244 g/mol. The number of rotatable bonds is 7. The summed E-state index contributed by atoms with van der Waals surface area (Å²) < 4.78 is 4.68. The normalized spacial score (nSPS) is 14.2. The van der Waals surface area contributed by atoms with Gasteiger partial charge in [-0.15, -0.1) is 0 Å². The lowest BCUT2D eigenvalue weighted by atomic mass is 10.0. The maximum absolute atomic E-state index is 11.5. The lowest BCUT2D eigenvalue weighted by molar-refractivity contribution is -0.144. The second-order valence-corrected chi connectivity index (χ2v) is 4.50. The van der Waals surface area contributed by atoms with E-state index in [9.17, 15) is 9.59 Å². The molecular weight excluding hydrogens is 220 g/mol. The summed E-state index contributed by atoms with van der Waals surface area (Å²) in [7, 11) is 1.35. The second kappa shape index (κ2) is 8.06. The summed E-state index contributed by atoms with van der Waals surface area (Å²) in [5, 5.41) is 5.74. The molecule has 0 fully saturated rings. The molecule has 0 saturated carbocycles. The quantitative estimate of drug-likeness (QED) is 0.647. The van der Waals surface area contributed by atoms with Crippen molar-refractivity contribution < 1.29 is 14.3 Å². The van der Waals surface area contributed by atoms with E-state index < -0.39 is 6.04 Å². The van der Waals surface area contributed by atoms with Crippen LogP contribution in [0.25, 0.3) is 0 Å². The van der Waals surface area contributed by atoms with Crippen LogP contribution in [-0.2, 0) is 14.3 Å². The van der Waals surface area contributed by atoms with Gasteiger partial charge in [0.2, 0.25) is 5.91 Å². The minimum atomic E-state index is -0.442. The van der Waals surface area contributed by atoms with E-state index in [2.05, 4.69) is 15.4 Å². The van der Waals surface area contributed by atoms with Gasteiger partial charge in [-0.25, -0.2) is 0 Å². The molecule has 0 aromatic carbocycles. The lowest BCUT2D eigenvalue weighted by Gasteiger charge is -2.20. The van der Waals surface area contributed by atoms with Gasteiger partial charge in [0.1, 0.15) is 6.04 Å². The molecule has 0 radical (unpaired) electrons. The standard InChI is InChI=1S/C12H24N2O3/c1-6-9(4)14-10(15)7-13-11(8(2)3)12(16)17-5/h8-9,11,13H,6-7H2,1-5H3,(H,14,15). The predicted molar refractivity (Wildman–Crippen MR) is 66.5 cm³/mol. The van der Waals surface area contributed by atoms with E-state index in [1.807, 2.05) is 27.7 Å². The van der Waals surface area contributed by atoms with Crippen LogP contribution in [0.5, 0.6) is 0 Å². The molecule has 0 spiro atoms. The van der Waals surface area contributed by atoms with Crippen LogP contribution in [-0.4, -0.2) is 37.6 Å². The fourth-order valence-corrected chi connectivity index (χ4v) is 1.35. The third-order valence-corrected chi connectivity index (χ3v) is 2.62. The molecule has 0 bridgehead atoms. The Morgan fingerprint density at radius 3 is 2.24 bits per heavy atom. The summed E-state index contributed by atoms with van der Waals surface area (Å²) in [4.78, 5) is 23.0.